The third kappa shape index (κ3) is 3.37. The van der Waals surface area contributed by atoms with Crippen molar-refractivity contribution < 1.29 is 22.7 Å². The minimum absolute atomic E-state index is 0.132. The fourth-order valence-electron chi connectivity index (χ4n) is 1.55. The third-order valence-corrected chi connectivity index (χ3v) is 4.28. The van der Waals surface area contributed by atoms with Crippen LogP contribution in [0.2, 0.25) is 0 Å². The molecule has 1 aromatic carbocycles. The van der Waals surface area contributed by atoms with Gasteiger partial charge in [0.05, 0.1) is 17.4 Å². The molecule has 2 N–H and O–H groups in total. The lowest BCUT2D eigenvalue weighted by Crippen LogP contribution is -2.16. The number of pyridine rings is 1. The molecule has 0 aliphatic carbocycles. The number of hydrogen-bond acceptors (Lipinski definition) is 4. The van der Waals surface area contributed by atoms with Crippen molar-refractivity contribution in [1.29, 1.82) is 0 Å². The molecule has 6 nitrogen and oxygen atoms in total. The lowest BCUT2D eigenvalue weighted by Gasteiger charge is -2.10. The van der Waals surface area contributed by atoms with E-state index in [0.29, 0.717) is 0 Å². The largest absolute Gasteiger partial charge is 0.478 e. The number of nitrogens with zero attached hydrogens (tertiary/aromatic N) is 1. The van der Waals surface area contributed by atoms with Crippen LogP contribution in [0.5, 0.6) is 0 Å². The third-order valence-electron chi connectivity index (χ3n) is 2.44. The Kier molecular flexibility index (Phi) is 4.24. The Morgan fingerprint density at radius 2 is 2.10 bits per heavy atom. The molecule has 0 saturated heterocycles. The number of hydrogen-bond donors (Lipinski definition) is 2. The summed E-state index contributed by atoms with van der Waals surface area (Å²) in [7, 11) is -4.28. The van der Waals surface area contributed by atoms with Gasteiger partial charge in [-0.3, -0.25) is 9.71 Å². The molecule has 0 atom stereocenters. The van der Waals surface area contributed by atoms with Gasteiger partial charge in [-0.05, 0) is 24.3 Å². The summed E-state index contributed by atoms with van der Waals surface area (Å²) in [6.45, 7) is 0. The number of sulfonamides is 1. The van der Waals surface area contributed by atoms with Gasteiger partial charge in [0.2, 0.25) is 0 Å². The standard InChI is InChI=1S/C12H8BrFN2O4S/c13-7-4-9(12(17)18)11(14)10(5-7)21(19,20)16-8-2-1-3-15-6-8/h1-6,16H,(H,17,18). The molecule has 1 aromatic heterocycles. The van der Waals surface area contributed by atoms with E-state index in [1.54, 1.807) is 0 Å². The Labute approximate surface area is 127 Å². The molecule has 0 aliphatic rings. The zero-order valence-corrected chi connectivity index (χ0v) is 12.6. The van der Waals surface area contributed by atoms with Crippen LogP contribution in [-0.4, -0.2) is 24.5 Å². The zero-order valence-electron chi connectivity index (χ0n) is 10.2. The number of anilines is 1. The number of rotatable bonds is 4. The molecule has 21 heavy (non-hydrogen) atoms. The summed E-state index contributed by atoms with van der Waals surface area (Å²) >= 11 is 2.96. The van der Waals surface area contributed by atoms with Crippen molar-refractivity contribution in [2.75, 3.05) is 4.72 Å². The van der Waals surface area contributed by atoms with Crippen LogP contribution in [0.25, 0.3) is 0 Å². The van der Waals surface area contributed by atoms with E-state index in [4.69, 9.17) is 5.11 Å². The second kappa shape index (κ2) is 5.78. The molecule has 0 saturated carbocycles. The van der Waals surface area contributed by atoms with E-state index in [1.807, 2.05) is 0 Å². The van der Waals surface area contributed by atoms with Crippen molar-refractivity contribution >= 4 is 37.6 Å². The summed E-state index contributed by atoms with van der Waals surface area (Å²) in [5, 5.41) is 8.88. The van der Waals surface area contributed by atoms with Gasteiger partial charge >= 0.3 is 5.97 Å². The van der Waals surface area contributed by atoms with E-state index < -0.39 is 32.3 Å². The number of carbonyl (C=O) groups is 1. The predicted octanol–water partition coefficient (Wildman–Crippen LogP) is 2.48. The number of aromatic nitrogens is 1. The van der Waals surface area contributed by atoms with Gasteiger partial charge in [0.1, 0.15) is 4.90 Å². The van der Waals surface area contributed by atoms with Crippen molar-refractivity contribution in [3.8, 4) is 0 Å². The van der Waals surface area contributed by atoms with Crippen LogP contribution in [0, 0.1) is 5.82 Å². The topological polar surface area (TPSA) is 96.4 Å². The van der Waals surface area contributed by atoms with Gasteiger partial charge in [0, 0.05) is 10.7 Å². The number of benzene rings is 1. The van der Waals surface area contributed by atoms with Crippen LogP contribution in [-0.2, 0) is 10.0 Å². The van der Waals surface area contributed by atoms with Crippen LogP contribution < -0.4 is 4.72 Å². The molecule has 0 bridgehead atoms. The highest BCUT2D eigenvalue weighted by atomic mass is 79.9. The average molecular weight is 375 g/mol. The highest BCUT2D eigenvalue weighted by molar-refractivity contribution is 9.10. The van der Waals surface area contributed by atoms with Crippen LogP contribution in [0.15, 0.2) is 46.0 Å². The molecule has 0 spiro atoms. The van der Waals surface area contributed by atoms with Gasteiger partial charge in [-0.2, -0.15) is 0 Å². The number of carboxylic acids is 1. The molecule has 110 valence electrons. The molecule has 9 heteroatoms. The maximum Gasteiger partial charge on any atom is 0.338 e. The molecule has 0 fully saturated rings. The van der Waals surface area contributed by atoms with Crippen LogP contribution in [0.1, 0.15) is 10.4 Å². The van der Waals surface area contributed by atoms with Crippen molar-refractivity contribution in [2.24, 2.45) is 0 Å². The average Bonchev–Trinajstić information content (AvgIpc) is 2.41. The fourth-order valence-corrected chi connectivity index (χ4v) is 3.33. The Bertz CT molecular complexity index is 796. The minimum atomic E-state index is -4.28. The molecule has 0 radical (unpaired) electrons. The van der Waals surface area contributed by atoms with Crippen molar-refractivity contribution in [3.63, 3.8) is 0 Å². The molecular formula is C12H8BrFN2O4S. The van der Waals surface area contributed by atoms with Gasteiger partial charge in [0.25, 0.3) is 10.0 Å². The molecule has 0 aliphatic heterocycles. The Morgan fingerprint density at radius 3 is 2.67 bits per heavy atom. The van der Waals surface area contributed by atoms with E-state index in [1.165, 1.54) is 24.5 Å². The summed E-state index contributed by atoms with van der Waals surface area (Å²) in [5.41, 5.74) is -0.607. The number of nitrogens with one attached hydrogen (secondary N) is 1. The minimum Gasteiger partial charge on any atom is -0.478 e. The van der Waals surface area contributed by atoms with Crippen molar-refractivity contribution in [3.05, 3.63) is 52.5 Å². The van der Waals surface area contributed by atoms with Gasteiger partial charge in [0.15, 0.2) is 5.82 Å². The van der Waals surface area contributed by atoms with Gasteiger partial charge in [-0.15, -0.1) is 0 Å². The normalized spacial score (nSPS) is 11.1. The zero-order chi connectivity index (χ0) is 15.6. The summed E-state index contributed by atoms with van der Waals surface area (Å²) in [5.74, 6) is -2.89. The SMILES string of the molecule is O=C(O)c1cc(Br)cc(S(=O)(=O)Nc2cccnc2)c1F. The van der Waals surface area contributed by atoms with Gasteiger partial charge in [-0.1, -0.05) is 15.9 Å². The van der Waals surface area contributed by atoms with Crippen LogP contribution >= 0.6 is 15.9 Å². The Hall–Kier alpha value is -2.00. The first-order chi connectivity index (χ1) is 9.81. The maximum absolute atomic E-state index is 14.1. The van der Waals surface area contributed by atoms with Gasteiger partial charge in [-0.25, -0.2) is 17.6 Å². The lowest BCUT2D eigenvalue weighted by molar-refractivity contribution is 0.0691. The Balaban J connectivity index is 2.53. The summed E-state index contributed by atoms with van der Waals surface area (Å²) in [6, 6.07) is 4.90. The molecule has 0 amide bonds. The molecule has 2 rings (SSSR count). The number of aromatic carboxylic acids is 1. The van der Waals surface area contributed by atoms with Crippen molar-refractivity contribution in [2.45, 2.75) is 4.90 Å². The number of halogens is 2. The van der Waals surface area contributed by atoms with E-state index in [0.717, 1.165) is 12.1 Å². The van der Waals surface area contributed by atoms with E-state index in [-0.39, 0.29) is 10.2 Å². The van der Waals surface area contributed by atoms with E-state index >= 15 is 0 Å². The maximum atomic E-state index is 14.1. The molecule has 0 unspecified atom stereocenters. The molecule has 1 heterocycles. The predicted molar refractivity (Wildman–Crippen MR) is 76.1 cm³/mol. The molecule has 2 aromatic rings. The summed E-state index contributed by atoms with van der Waals surface area (Å²) < 4.78 is 40.6. The fraction of sp³-hybridized carbons (Fsp3) is 0. The van der Waals surface area contributed by atoms with E-state index in [9.17, 15) is 17.6 Å². The van der Waals surface area contributed by atoms with Crippen LogP contribution in [0.4, 0.5) is 10.1 Å². The smallest absolute Gasteiger partial charge is 0.338 e. The highest BCUT2D eigenvalue weighted by Crippen LogP contribution is 2.25. The Morgan fingerprint density at radius 1 is 1.38 bits per heavy atom. The van der Waals surface area contributed by atoms with Crippen LogP contribution in [0.3, 0.4) is 0 Å². The molecular weight excluding hydrogens is 367 g/mol. The van der Waals surface area contributed by atoms with Crippen molar-refractivity contribution in [1.82, 2.24) is 4.98 Å². The second-order valence-corrected chi connectivity index (χ2v) is 6.48. The van der Waals surface area contributed by atoms with E-state index in [2.05, 4.69) is 25.6 Å². The quantitative estimate of drug-likeness (QED) is 0.856. The summed E-state index contributed by atoms with van der Waals surface area (Å²) in [6.07, 6.45) is 2.69. The first-order valence-electron chi connectivity index (χ1n) is 5.46. The first-order valence-corrected chi connectivity index (χ1v) is 7.74. The first kappa shape index (κ1) is 15.4. The summed E-state index contributed by atoms with van der Waals surface area (Å²) in [4.78, 5) is 13.9. The lowest BCUT2D eigenvalue weighted by atomic mass is 10.2. The monoisotopic (exact) mass is 374 g/mol. The van der Waals surface area contributed by atoms with Gasteiger partial charge < -0.3 is 5.11 Å². The second-order valence-electron chi connectivity index (χ2n) is 3.92. The number of carboxylic acid groups (broad SMARTS) is 1. The highest BCUT2D eigenvalue weighted by Gasteiger charge is 2.25.